The molecule has 4 rings (SSSR count). The van der Waals surface area contributed by atoms with Crippen molar-refractivity contribution in [2.24, 2.45) is 0 Å². The summed E-state index contributed by atoms with van der Waals surface area (Å²) in [4.78, 5) is 8.08. The number of nitrogens with one attached hydrogen (secondary N) is 1. The van der Waals surface area contributed by atoms with E-state index in [9.17, 15) is 8.78 Å². The van der Waals surface area contributed by atoms with Crippen LogP contribution in [0, 0.1) is 11.6 Å². The number of aromatic nitrogens is 2. The third-order valence-corrected chi connectivity index (χ3v) is 4.99. The monoisotopic (exact) mass is 408 g/mol. The number of H-pyrrole nitrogens is 1. The van der Waals surface area contributed by atoms with E-state index >= 15 is 0 Å². The Morgan fingerprint density at radius 1 is 1.00 bits per heavy atom. The Kier molecular flexibility index (Phi) is 5.65. The Morgan fingerprint density at radius 3 is 2.57 bits per heavy atom. The van der Waals surface area contributed by atoms with Crippen molar-refractivity contribution in [1.29, 1.82) is 0 Å². The molecule has 6 heteroatoms. The molecular formula is C24H22F2N2O2. The van der Waals surface area contributed by atoms with Crippen molar-refractivity contribution in [1.82, 2.24) is 9.97 Å². The van der Waals surface area contributed by atoms with E-state index in [1.54, 1.807) is 0 Å². The molecule has 1 unspecified atom stereocenters. The number of fused-ring (bicyclic) bond motifs is 1. The van der Waals surface area contributed by atoms with Crippen LogP contribution in [0.2, 0.25) is 0 Å². The van der Waals surface area contributed by atoms with E-state index in [0.29, 0.717) is 12.4 Å². The molecule has 0 spiro atoms. The van der Waals surface area contributed by atoms with Gasteiger partial charge in [-0.15, -0.1) is 0 Å². The standard InChI is InChI=1S/C24H22F2N2O2/c1-3-29-22-6-4-5-21-23(22)28-24(27-21)15(2)16-7-10-19(11-8-16)30-14-17-13-18(25)9-12-20(17)26/h4-13,15H,3,14H2,1-2H3,(H,27,28). The maximum atomic E-state index is 13.7. The van der Waals surface area contributed by atoms with Gasteiger partial charge in [-0.2, -0.15) is 0 Å². The minimum Gasteiger partial charge on any atom is -0.492 e. The average molecular weight is 408 g/mol. The lowest BCUT2D eigenvalue weighted by Crippen LogP contribution is -2.01. The molecule has 1 aromatic heterocycles. The first-order valence-electron chi connectivity index (χ1n) is 9.83. The summed E-state index contributed by atoms with van der Waals surface area (Å²) in [6.45, 7) is 4.56. The van der Waals surface area contributed by atoms with E-state index in [-0.39, 0.29) is 18.1 Å². The van der Waals surface area contributed by atoms with Crippen LogP contribution in [0.25, 0.3) is 11.0 Å². The topological polar surface area (TPSA) is 47.1 Å². The Hall–Kier alpha value is -3.41. The molecule has 0 aliphatic carbocycles. The van der Waals surface area contributed by atoms with Gasteiger partial charge in [0.25, 0.3) is 0 Å². The fourth-order valence-electron chi connectivity index (χ4n) is 3.33. The van der Waals surface area contributed by atoms with Crippen LogP contribution in [0.5, 0.6) is 11.5 Å². The fourth-order valence-corrected chi connectivity index (χ4v) is 3.33. The Bertz CT molecular complexity index is 1160. The number of imidazole rings is 1. The molecule has 30 heavy (non-hydrogen) atoms. The summed E-state index contributed by atoms with van der Waals surface area (Å²) < 4.78 is 38.3. The van der Waals surface area contributed by atoms with Gasteiger partial charge in [-0.05, 0) is 55.0 Å². The van der Waals surface area contributed by atoms with Crippen molar-refractivity contribution >= 4 is 11.0 Å². The Morgan fingerprint density at radius 2 is 1.80 bits per heavy atom. The highest BCUT2D eigenvalue weighted by Gasteiger charge is 2.15. The van der Waals surface area contributed by atoms with E-state index in [1.807, 2.05) is 49.4 Å². The van der Waals surface area contributed by atoms with Gasteiger partial charge in [-0.25, -0.2) is 13.8 Å². The molecule has 4 nitrogen and oxygen atoms in total. The number of aromatic amines is 1. The number of nitrogens with zero attached hydrogens (tertiary/aromatic N) is 1. The fraction of sp³-hybridized carbons (Fsp3) is 0.208. The summed E-state index contributed by atoms with van der Waals surface area (Å²) in [5, 5.41) is 0. The molecule has 0 amide bonds. The second-order valence-corrected chi connectivity index (χ2v) is 7.02. The zero-order chi connectivity index (χ0) is 21.1. The quantitative estimate of drug-likeness (QED) is 0.410. The molecule has 1 heterocycles. The van der Waals surface area contributed by atoms with Crippen molar-refractivity contribution in [3.63, 3.8) is 0 Å². The third-order valence-electron chi connectivity index (χ3n) is 4.99. The predicted octanol–water partition coefficient (Wildman–Crippen LogP) is 5.97. The van der Waals surface area contributed by atoms with Crippen LogP contribution in [0.15, 0.2) is 60.7 Å². The maximum absolute atomic E-state index is 13.7. The molecule has 0 fully saturated rings. The molecule has 154 valence electrons. The summed E-state index contributed by atoms with van der Waals surface area (Å²) >= 11 is 0. The molecule has 0 aliphatic heterocycles. The van der Waals surface area contributed by atoms with E-state index in [4.69, 9.17) is 14.5 Å². The molecule has 3 aromatic carbocycles. The summed E-state index contributed by atoms with van der Waals surface area (Å²) in [6, 6.07) is 16.7. The van der Waals surface area contributed by atoms with Crippen molar-refractivity contribution < 1.29 is 18.3 Å². The number of halogens is 2. The number of benzene rings is 3. The molecule has 0 saturated heterocycles. The number of rotatable bonds is 7. The minimum absolute atomic E-state index is 0.0293. The van der Waals surface area contributed by atoms with Crippen LogP contribution < -0.4 is 9.47 Å². The largest absolute Gasteiger partial charge is 0.492 e. The minimum atomic E-state index is -0.488. The molecule has 4 aromatic rings. The number of hydrogen-bond donors (Lipinski definition) is 1. The molecule has 0 bridgehead atoms. The zero-order valence-corrected chi connectivity index (χ0v) is 16.8. The SMILES string of the molecule is CCOc1cccc2nc(C(C)c3ccc(OCc4cc(F)ccc4F)cc3)[nH]c12. The molecule has 1 N–H and O–H groups in total. The van der Waals surface area contributed by atoms with Crippen molar-refractivity contribution in [2.75, 3.05) is 6.61 Å². The summed E-state index contributed by atoms with van der Waals surface area (Å²) in [5.41, 5.74) is 2.98. The number of hydrogen-bond acceptors (Lipinski definition) is 3. The van der Waals surface area contributed by atoms with Gasteiger partial charge in [0.2, 0.25) is 0 Å². The van der Waals surface area contributed by atoms with Crippen LogP contribution in [-0.4, -0.2) is 16.6 Å². The molecule has 0 aliphatic rings. The van der Waals surface area contributed by atoms with Crippen LogP contribution in [0.3, 0.4) is 0 Å². The van der Waals surface area contributed by atoms with Gasteiger partial charge in [0.05, 0.1) is 12.1 Å². The smallest absolute Gasteiger partial charge is 0.144 e. The summed E-state index contributed by atoms with van der Waals surface area (Å²) in [6.07, 6.45) is 0. The Balaban J connectivity index is 1.49. The first-order chi connectivity index (χ1) is 14.5. The van der Waals surface area contributed by atoms with E-state index in [2.05, 4.69) is 11.9 Å². The first-order valence-corrected chi connectivity index (χ1v) is 9.83. The Labute approximate surface area is 173 Å². The van der Waals surface area contributed by atoms with Gasteiger partial charge in [0, 0.05) is 11.5 Å². The predicted molar refractivity (Wildman–Crippen MR) is 112 cm³/mol. The molecular weight excluding hydrogens is 386 g/mol. The average Bonchev–Trinajstić information content (AvgIpc) is 3.20. The summed E-state index contributed by atoms with van der Waals surface area (Å²) in [7, 11) is 0. The van der Waals surface area contributed by atoms with Crippen molar-refractivity contribution in [3.8, 4) is 11.5 Å². The molecule has 0 radical (unpaired) electrons. The van der Waals surface area contributed by atoms with Gasteiger partial charge < -0.3 is 14.5 Å². The van der Waals surface area contributed by atoms with Gasteiger partial charge in [0.15, 0.2) is 0 Å². The van der Waals surface area contributed by atoms with E-state index < -0.39 is 11.6 Å². The van der Waals surface area contributed by atoms with Gasteiger partial charge in [0.1, 0.15) is 41.1 Å². The van der Waals surface area contributed by atoms with Gasteiger partial charge in [-0.1, -0.05) is 25.1 Å². The first kappa shape index (κ1) is 19.9. The zero-order valence-electron chi connectivity index (χ0n) is 16.8. The highest BCUT2D eigenvalue weighted by molar-refractivity contribution is 5.81. The maximum Gasteiger partial charge on any atom is 0.144 e. The third kappa shape index (κ3) is 4.13. The number of para-hydroxylation sites is 1. The van der Waals surface area contributed by atoms with Crippen LogP contribution in [0.4, 0.5) is 8.78 Å². The lowest BCUT2D eigenvalue weighted by Gasteiger charge is -2.11. The van der Waals surface area contributed by atoms with Crippen LogP contribution >= 0.6 is 0 Å². The second kappa shape index (κ2) is 8.53. The second-order valence-electron chi connectivity index (χ2n) is 7.02. The molecule has 0 saturated carbocycles. The van der Waals surface area contributed by atoms with Gasteiger partial charge >= 0.3 is 0 Å². The lowest BCUT2D eigenvalue weighted by atomic mass is 10.0. The highest BCUT2D eigenvalue weighted by Crippen LogP contribution is 2.29. The van der Waals surface area contributed by atoms with Crippen molar-refractivity contribution in [2.45, 2.75) is 26.4 Å². The van der Waals surface area contributed by atoms with Gasteiger partial charge in [-0.3, -0.25) is 0 Å². The number of ether oxygens (including phenoxy) is 2. The molecule has 1 atom stereocenters. The van der Waals surface area contributed by atoms with E-state index in [1.165, 1.54) is 0 Å². The lowest BCUT2D eigenvalue weighted by molar-refractivity contribution is 0.299. The summed E-state index contributed by atoms with van der Waals surface area (Å²) in [5.74, 6) is 1.26. The normalized spacial score (nSPS) is 12.1. The van der Waals surface area contributed by atoms with Crippen molar-refractivity contribution in [3.05, 3.63) is 89.2 Å². The van der Waals surface area contributed by atoms with E-state index in [0.717, 1.165) is 46.4 Å². The van der Waals surface area contributed by atoms with Crippen LogP contribution in [-0.2, 0) is 6.61 Å². The van der Waals surface area contributed by atoms with Crippen LogP contribution in [0.1, 0.15) is 36.7 Å². The highest BCUT2D eigenvalue weighted by atomic mass is 19.1.